The van der Waals surface area contributed by atoms with E-state index in [-0.39, 0.29) is 34.5 Å². The molecule has 0 N–H and O–H groups in total. The van der Waals surface area contributed by atoms with Crippen LogP contribution in [0.5, 0.6) is 69.0 Å². The minimum Gasteiger partial charge on any atom is -0.386 e. The fourth-order valence-corrected chi connectivity index (χ4v) is 13.2. The zero-order valence-electron chi connectivity index (χ0n) is 47.8. The summed E-state index contributed by atoms with van der Waals surface area (Å²) in [5.74, 6) is 3.29. The molecule has 0 unspecified atom stereocenters. The molecule has 0 aliphatic heterocycles. The first-order valence-corrected chi connectivity index (χ1v) is 33.5. The highest BCUT2D eigenvalue weighted by Crippen LogP contribution is 2.54. The number of para-hydroxylation sites is 8. The summed E-state index contributed by atoms with van der Waals surface area (Å²) in [5, 5.41) is 0. The largest absolute Gasteiger partial charge is 0.647 e. The Hall–Kier alpha value is -10.1. The van der Waals surface area contributed by atoms with E-state index >= 15 is 0 Å². The molecule has 20 heteroatoms. The van der Waals surface area contributed by atoms with E-state index in [1.807, 2.05) is 48.5 Å². The average molecular weight is 1270 g/mol. The molecule has 0 aliphatic carbocycles. The summed E-state index contributed by atoms with van der Waals surface area (Å²) >= 11 is 0. The second kappa shape index (κ2) is 29.1. The number of hydrogen-bond donors (Lipinski definition) is 0. The Morgan fingerprint density at radius 2 is 0.337 bits per heavy atom. The summed E-state index contributed by atoms with van der Waals surface area (Å²) in [5.41, 5.74) is 1.45. The number of benzene rings is 11. The zero-order valence-corrected chi connectivity index (χ0v) is 51.4. The Balaban J connectivity index is 0.000000200. The van der Waals surface area contributed by atoms with Crippen molar-refractivity contribution in [1.82, 2.24) is 0 Å². The minimum atomic E-state index is -4.25. The zero-order chi connectivity index (χ0) is 61.8. The smallest absolute Gasteiger partial charge is 0.386 e. The third-order valence-electron chi connectivity index (χ3n) is 12.5. The van der Waals surface area contributed by atoms with Gasteiger partial charge in [0, 0.05) is 11.5 Å². The van der Waals surface area contributed by atoms with Gasteiger partial charge in [0.05, 0.1) is 0 Å². The molecule has 11 aromatic carbocycles. The first-order valence-electron chi connectivity index (χ1n) is 27.6. The van der Waals surface area contributed by atoms with Gasteiger partial charge < -0.3 is 54.3 Å². The molecule has 11 rings (SSSR count). The van der Waals surface area contributed by atoms with E-state index in [4.69, 9.17) is 54.3 Å². The number of phosphoric ester groups is 4. The summed E-state index contributed by atoms with van der Waals surface area (Å²) in [6, 6.07) is 89.4. The van der Waals surface area contributed by atoms with Crippen LogP contribution in [0.4, 0.5) is 0 Å². The molecule has 450 valence electrons. The van der Waals surface area contributed by atoms with E-state index in [1.165, 1.54) is 18.2 Å². The molecule has 89 heavy (non-hydrogen) atoms. The molecule has 0 fully saturated rings. The van der Waals surface area contributed by atoms with Crippen molar-refractivity contribution in [1.29, 1.82) is 0 Å². The van der Waals surface area contributed by atoms with Gasteiger partial charge in [0.15, 0.2) is 0 Å². The SMILES string of the molecule is CC(C)(c1ccc(OP(=O)(Oc2ccccc2)Oc2ccccc2)cc1)c1ccc(OP(=O)(Oc2ccccc2)Oc2ccccc2)cc1.O=P(Oc1ccccc1)(Oc1ccccc1)Oc1cccc(OP(=O)(Oc2ccccc2)Oc2ccccc2)c1. The summed E-state index contributed by atoms with van der Waals surface area (Å²) in [7, 11) is -16.8. The molecular weight excluding hydrogens is 1210 g/mol. The van der Waals surface area contributed by atoms with Crippen LogP contribution in [0, 0.1) is 0 Å². The molecular formula is C69H58O16P4. The minimum absolute atomic E-state index is 0.0682. The maximum Gasteiger partial charge on any atom is 0.647 e. The van der Waals surface area contributed by atoms with Crippen LogP contribution in [0.1, 0.15) is 25.0 Å². The highest BCUT2D eigenvalue weighted by molar-refractivity contribution is 7.50. The van der Waals surface area contributed by atoms with Crippen LogP contribution in [0.25, 0.3) is 0 Å². The van der Waals surface area contributed by atoms with Crippen LogP contribution >= 0.6 is 31.3 Å². The van der Waals surface area contributed by atoms with Crippen LogP contribution in [-0.4, -0.2) is 0 Å². The predicted molar refractivity (Wildman–Crippen MR) is 341 cm³/mol. The van der Waals surface area contributed by atoms with Crippen molar-refractivity contribution in [3.63, 3.8) is 0 Å². The quantitative estimate of drug-likeness (QED) is 0.0467. The van der Waals surface area contributed by atoms with Crippen molar-refractivity contribution in [2.24, 2.45) is 0 Å². The first-order chi connectivity index (χ1) is 43.1. The van der Waals surface area contributed by atoms with Crippen molar-refractivity contribution in [2.45, 2.75) is 19.3 Å². The van der Waals surface area contributed by atoms with Gasteiger partial charge >= 0.3 is 31.3 Å². The molecule has 0 bridgehead atoms. The number of phosphoric acid groups is 4. The van der Waals surface area contributed by atoms with E-state index in [9.17, 15) is 18.3 Å². The second-order valence-corrected chi connectivity index (χ2v) is 25.3. The predicted octanol–water partition coefficient (Wildman–Crippen LogP) is 20.3. The third-order valence-corrected chi connectivity index (χ3v) is 17.7. The van der Waals surface area contributed by atoms with Gasteiger partial charge in [-0.25, -0.2) is 0 Å². The first kappa shape index (κ1) is 62.0. The summed E-state index contributed by atoms with van der Waals surface area (Å²) in [6.45, 7) is 4.14. The van der Waals surface area contributed by atoms with Gasteiger partial charge in [0.1, 0.15) is 69.0 Å². The average Bonchev–Trinajstić information content (AvgIpc) is 3.73. The molecule has 16 nitrogen and oxygen atoms in total. The van der Waals surface area contributed by atoms with Crippen molar-refractivity contribution in [3.05, 3.63) is 327 Å². The van der Waals surface area contributed by atoms with Gasteiger partial charge in [0.2, 0.25) is 0 Å². The van der Waals surface area contributed by atoms with Crippen molar-refractivity contribution >= 4 is 31.3 Å². The van der Waals surface area contributed by atoms with Gasteiger partial charge in [0.25, 0.3) is 0 Å². The molecule has 0 amide bonds. The number of rotatable bonds is 26. The van der Waals surface area contributed by atoms with Crippen LogP contribution in [0.15, 0.2) is 315 Å². The lowest BCUT2D eigenvalue weighted by Crippen LogP contribution is -2.18. The molecule has 11 aromatic rings. The van der Waals surface area contributed by atoms with Crippen LogP contribution in [0.3, 0.4) is 0 Å². The van der Waals surface area contributed by atoms with Crippen LogP contribution in [0.2, 0.25) is 0 Å². The summed E-state index contributed by atoms with van der Waals surface area (Å²) in [4.78, 5) is 0. The van der Waals surface area contributed by atoms with Gasteiger partial charge in [-0.3, -0.25) is 0 Å². The molecule has 0 heterocycles. The second-order valence-electron chi connectivity index (χ2n) is 19.5. The van der Waals surface area contributed by atoms with Crippen molar-refractivity contribution < 1.29 is 72.5 Å². The molecule has 0 atom stereocenters. The lowest BCUT2D eigenvalue weighted by molar-refractivity contribution is 0.293. The van der Waals surface area contributed by atoms with Crippen LogP contribution in [-0.2, 0) is 23.7 Å². The monoisotopic (exact) mass is 1270 g/mol. The molecule has 0 aromatic heterocycles. The summed E-state index contributed by atoms with van der Waals surface area (Å²) in [6.07, 6.45) is 0. The van der Waals surface area contributed by atoms with E-state index in [1.54, 1.807) is 249 Å². The Kier molecular flexibility index (Phi) is 20.3. The van der Waals surface area contributed by atoms with E-state index < -0.39 is 36.7 Å². The lowest BCUT2D eigenvalue weighted by atomic mass is 9.78. The van der Waals surface area contributed by atoms with E-state index in [0.29, 0.717) is 34.5 Å². The molecule has 0 saturated carbocycles. The van der Waals surface area contributed by atoms with Crippen molar-refractivity contribution in [2.75, 3.05) is 0 Å². The Morgan fingerprint density at radius 3 is 0.517 bits per heavy atom. The van der Waals surface area contributed by atoms with E-state index in [2.05, 4.69) is 13.8 Å². The van der Waals surface area contributed by atoms with Crippen LogP contribution < -0.4 is 54.3 Å². The normalized spacial score (nSPS) is 11.4. The third kappa shape index (κ3) is 18.5. The van der Waals surface area contributed by atoms with Gasteiger partial charge in [-0.05, 0) is 145 Å². The molecule has 0 aliphatic rings. The molecule has 0 radical (unpaired) electrons. The fraction of sp³-hybridized carbons (Fsp3) is 0.0435. The van der Waals surface area contributed by atoms with Gasteiger partial charge in [-0.2, -0.15) is 18.3 Å². The van der Waals surface area contributed by atoms with Gasteiger partial charge in [-0.15, -0.1) is 0 Å². The number of hydrogen-bond acceptors (Lipinski definition) is 16. The van der Waals surface area contributed by atoms with Crippen molar-refractivity contribution in [3.8, 4) is 69.0 Å². The fourth-order valence-electron chi connectivity index (χ4n) is 8.24. The topological polar surface area (TPSA) is 179 Å². The Bertz CT molecular complexity index is 3720. The standard InChI is InChI=1S/C39H34O8P2.C30H24O8P2/c1-39(2,31-23-27-37(28-24-31)46-48(40,42-33-15-7-3-8-16-33)43-34-17-9-4-10-18-34)32-25-29-38(30-26-32)47-49(41,44-35-19-11-5-12-20-35)45-36-21-13-6-14-22-36;31-39(33-25-14-5-1-6-15-25,34-26-16-7-2-8-17-26)37-29-22-13-23-30(24-29)38-40(32,35-27-18-9-3-10-19-27)36-28-20-11-4-12-21-28/h3-30H,1-2H3;1-24H. The Labute approximate surface area is 516 Å². The van der Waals surface area contributed by atoms with E-state index in [0.717, 1.165) is 11.1 Å². The Morgan fingerprint density at radius 1 is 0.191 bits per heavy atom. The lowest BCUT2D eigenvalue weighted by Gasteiger charge is -2.27. The molecule has 0 spiro atoms. The summed E-state index contributed by atoms with van der Waals surface area (Å²) < 4.78 is 124. The highest BCUT2D eigenvalue weighted by atomic mass is 31.2. The maximum atomic E-state index is 13.8. The highest BCUT2D eigenvalue weighted by Gasteiger charge is 2.38. The van der Waals surface area contributed by atoms with Gasteiger partial charge in [-0.1, -0.05) is 190 Å². The maximum absolute atomic E-state index is 13.8. The molecule has 0 saturated heterocycles.